The first kappa shape index (κ1) is 12.6. The lowest BCUT2D eigenvalue weighted by molar-refractivity contribution is 0.215. The lowest BCUT2D eigenvalue weighted by atomic mass is 9.79. The molecule has 0 bridgehead atoms. The number of rotatable bonds is 5. The summed E-state index contributed by atoms with van der Waals surface area (Å²) < 4.78 is 2.14. The van der Waals surface area contributed by atoms with Gasteiger partial charge < -0.3 is 5.32 Å². The fourth-order valence-electron chi connectivity index (χ4n) is 3.24. The molecule has 1 aliphatic rings. The second kappa shape index (κ2) is 5.21. The van der Waals surface area contributed by atoms with Crippen LogP contribution in [0.4, 0.5) is 0 Å². The van der Waals surface area contributed by atoms with Crippen LogP contribution in [-0.2, 0) is 6.54 Å². The van der Waals surface area contributed by atoms with E-state index in [1.54, 1.807) is 0 Å². The first-order valence-electron chi connectivity index (χ1n) is 6.96. The molecule has 0 radical (unpaired) electrons. The van der Waals surface area contributed by atoms with Crippen molar-refractivity contribution >= 4 is 0 Å². The molecule has 17 heavy (non-hydrogen) atoms. The summed E-state index contributed by atoms with van der Waals surface area (Å²) in [5.74, 6) is 0. The summed E-state index contributed by atoms with van der Waals surface area (Å²) in [7, 11) is 0. The Kier molecular flexibility index (Phi) is 3.87. The van der Waals surface area contributed by atoms with Crippen molar-refractivity contribution in [2.24, 2.45) is 5.41 Å². The number of hydrogen-bond acceptors (Lipinski definition) is 2. The van der Waals surface area contributed by atoms with Crippen molar-refractivity contribution in [2.75, 3.05) is 6.54 Å². The summed E-state index contributed by atoms with van der Waals surface area (Å²) in [4.78, 5) is 0. The van der Waals surface area contributed by atoms with Crippen LogP contribution in [0.15, 0.2) is 12.3 Å². The van der Waals surface area contributed by atoms with Crippen LogP contribution < -0.4 is 5.32 Å². The van der Waals surface area contributed by atoms with Crippen LogP contribution in [0.1, 0.15) is 58.2 Å². The summed E-state index contributed by atoms with van der Waals surface area (Å²) >= 11 is 0. The molecule has 0 aromatic carbocycles. The van der Waals surface area contributed by atoms with Crippen LogP contribution >= 0.6 is 0 Å². The topological polar surface area (TPSA) is 29.9 Å². The molecule has 1 heterocycles. The Morgan fingerprint density at radius 1 is 1.41 bits per heavy atom. The monoisotopic (exact) mass is 235 g/mol. The van der Waals surface area contributed by atoms with E-state index in [0.717, 1.165) is 13.1 Å². The third-order valence-electron chi connectivity index (χ3n) is 4.20. The molecule has 0 saturated heterocycles. The zero-order valence-electron chi connectivity index (χ0n) is 11.4. The Labute approximate surface area is 105 Å². The summed E-state index contributed by atoms with van der Waals surface area (Å²) in [6.45, 7) is 8.77. The highest BCUT2D eigenvalue weighted by molar-refractivity contribution is 5.12. The molecule has 1 atom stereocenters. The van der Waals surface area contributed by atoms with Crippen LogP contribution in [0.2, 0.25) is 0 Å². The minimum atomic E-state index is 0.406. The van der Waals surface area contributed by atoms with Crippen molar-refractivity contribution in [3.8, 4) is 0 Å². The quantitative estimate of drug-likeness (QED) is 0.849. The molecule has 1 fully saturated rings. The molecule has 0 amide bonds. The predicted molar refractivity (Wildman–Crippen MR) is 70.9 cm³/mol. The Hall–Kier alpha value is -0.830. The van der Waals surface area contributed by atoms with E-state index in [1.165, 1.54) is 31.4 Å². The molecule has 1 unspecified atom stereocenters. The van der Waals surface area contributed by atoms with E-state index in [1.807, 2.05) is 6.20 Å². The maximum atomic E-state index is 4.42. The van der Waals surface area contributed by atoms with Gasteiger partial charge in [-0.3, -0.25) is 4.68 Å². The summed E-state index contributed by atoms with van der Waals surface area (Å²) in [6.07, 6.45) is 7.35. The third-order valence-corrected chi connectivity index (χ3v) is 4.20. The highest BCUT2D eigenvalue weighted by Gasteiger charge is 2.38. The van der Waals surface area contributed by atoms with Crippen LogP contribution in [0.25, 0.3) is 0 Å². The van der Waals surface area contributed by atoms with Crippen molar-refractivity contribution in [3.63, 3.8) is 0 Å². The molecule has 2 rings (SSSR count). The van der Waals surface area contributed by atoms with Gasteiger partial charge in [0.15, 0.2) is 0 Å². The van der Waals surface area contributed by atoms with Gasteiger partial charge in [-0.25, -0.2) is 0 Å². The van der Waals surface area contributed by atoms with Gasteiger partial charge in [-0.2, -0.15) is 5.10 Å². The van der Waals surface area contributed by atoms with Gasteiger partial charge in [-0.15, -0.1) is 0 Å². The largest absolute Gasteiger partial charge is 0.308 e. The van der Waals surface area contributed by atoms with Crippen molar-refractivity contribution in [1.29, 1.82) is 0 Å². The predicted octanol–water partition coefficient (Wildman–Crippen LogP) is 3.13. The molecule has 1 N–H and O–H groups in total. The minimum absolute atomic E-state index is 0.406. The Balaban J connectivity index is 2.28. The van der Waals surface area contributed by atoms with Crippen LogP contribution in [0, 0.1) is 5.41 Å². The zero-order chi connectivity index (χ0) is 12.3. The van der Waals surface area contributed by atoms with Gasteiger partial charge in [0.05, 0.1) is 11.7 Å². The van der Waals surface area contributed by atoms with E-state index in [2.05, 4.69) is 41.9 Å². The van der Waals surface area contributed by atoms with Crippen LogP contribution in [0.5, 0.6) is 0 Å². The number of nitrogens with zero attached hydrogens (tertiary/aromatic N) is 2. The van der Waals surface area contributed by atoms with Gasteiger partial charge in [0.1, 0.15) is 0 Å². The maximum Gasteiger partial charge on any atom is 0.0559 e. The van der Waals surface area contributed by atoms with Crippen molar-refractivity contribution in [3.05, 3.63) is 18.0 Å². The normalized spacial score (nSPS) is 20.6. The molecular weight excluding hydrogens is 210 g/mol. The van der Waals surface area contributed by atoms with Crippen LogP contribution in [-0.4, -0.2) is 16.3 Å². The van der Waals surface area contributed by atoms with E-state index in [9.17, 15) is 0 Å². The number of nitrogens with one attached hydrogen (secondary N) is 1. The summed E-state index contributed by atoms with van der Waals surface area (Å²) in [5, 5.41) is 8.10. The van der Waals surface area contributed by atoms with Crippen LogP contribution in [0.3, 0.4) is 0 Å². The molecule has 0 aliphatic heterocycles. The molecule has 0 spiro atoms. The lowest BCUT2D eigenvalue weighted by Gasteiger charge is -2.35. The molecule has 3 heteroatoms. The van der Waals surface area contributed by atoms with Gasteiger partial charge in [0, 0.05) is 12.7 Å². The van der Waals surface area contributed by atoms with E-state index in [0.29, 0.717) is 11.5 Å². The second-order valence-electron chi connectivity index (χ2n) is 5.42. The molecular formula is C14H25N3. The second-order valence-corrected chi connectivity index (χ2v) is 5.42. The molecule has 1 aromatic heterocycles. The first-order valence-corrected chi connectivity index (χ1v) is 6.96. The molecule has 1 aromatic rings. The SMILES string of the molecule is CCNC(c1ccnn1CC)C1(C)CCCC1. The van der Waals surface area contributed by atoms with Crippen molar-refractivity contribution < 1.29 is 0 Å². The smallest absolute Gasteiger partial charge is 0.0559 e. The fourth-order valence-corrected chi connectivity index (χ4v) is 3.24. The average molecular weight is 235 g/mol. The molecule has 1 aliphatic carbocycles. The number of aryl methyl sites for hydroxylation is 1. The Bertz CT molecular complexity index is 350. The lowest BCUT2D eigenvalue weighted by Crippen LogP contribution is -2.36. The Morgan fingerprint density at radius 3 is 2.71 bits per heavy atom. The fraction of sp³-hybridized carbons (Fsp3) is 0.786. The van der Waals surface area contributed by atoms with E-state index in [-0.39, 0.29) is 0 Å². The van der Waals surface area contributed by atoms with E-state index >= 15 is 0 Å². The van der Waals surface area contributed by atoms with Crippen molar-refractivity contribution in [2.45, 2.75) is 59.0 Å². The zero-order valence-corrected chi connectivity index (χ0v) is 11.4. The number of hydrogen-bond donors (Lipinski definition) is 1. The molecule has 96 valence electrons. The van der Waals surface area contributed by atoms with Gasteiger partial charge in [0.25, 0.3) is 0 Å². The average Bonchev–Trinajstić information content (AvgIpc) is 2.95. The summed E-state index contributed by atoms with van der Waals surface area (Å²) in [6, 6.07) is 2.64. The minimum Gasteiger partial charge on any atom is -0.308 e. The highest BCUT2D eigenvalue weighted by atomic mass is 15.3. The first-order chi connectivity index (χ1) is 8.21. The summed E-state index contributed by atoms with van der Waals surface area (Å²) in [5.41, 5.74) is 1.77. The maximum absolute atomic E-state index is 4.42. The number of aromatic nitrogens is 2. The molecule has 1 saturated carbocycles. The van der Waals surface area contributed by atoms with Gasteiger partial charge in [-0.05, 0) is 37.8 Å². The van der Waals surface area contributed by atoms with Crippen molar-refractivity contribution in [1.82, 2.24) is 15.1 Å². The van der Waals surface area contributed by atoms with Gasteiger partial charge in [-0.1, -0.05) is 26.7 Å². The highest BCUT2D eigenvalue weighted by Crippen LogP contribution is 2.47. The van der Waals surface area contributed by atoms with Gasteiger partial charge in [0.2, 0.25) is 0 Å². The van der Waals surface area contributed by atoms with E-state index < -0.39 is 0 Å². The Morgan fingerprint density at radius 2 is 2.12 bits per heavy atom. The van der Waals surface area contributed by atoms with E-state index in [4.69, 9.17) is 0 Å². The third kappa shape index (κ3) is 2.39. The molecule has 3 nitrogen and oxygen atoms in total. The standard InChI is InChI=1S/C14H25N3/c1-4-15-13(14(3)9-6-7-10-14)12-8-11-16-17(12)5-2/h8,11,13,15H,4-7,9-10H2,1-3H3. The van der Waals surface area contributed by atoms with Gasteiger partial charge >= 0.3 is 0 Å².